The number of halogens is 1. The first-order valence-corrected chi connectivity index (χ1v) is 6.21. The molecule has 0 fully saturated rings. The Balaban J connectivity index is 2.37. The maximum atomic E-state index is 11.2. The van der Waals surface area contributed by atoms with Gasteiger partial charge < -0.3 is 4.90 Å². The highest BCUT2D eigenvalue weighted by atomic mass is 35.5. The minimum absolute atomic E-state index is 0.0707. The molecule has 0 spiro atoms. The van der Waals surface area contributed by atoms with Crippen molar-refractivity contribution in [2.45, 2.75) is 13.5 Å². The molecule has 16 heavy (non-hydrogen) atoms. The van der Waals surface area contributed by atoms with Crippen LogP contribution in [0.25, 0.3) is 10.1 Å². The van der Waals surface area contributed by atoms with E-state index in [0.717, 1.165) is 16.0 Å². The molecule has 0 aliphatic heterocycles. The molecule has 0 radical (unpaired) electrons. The van der Waals surface area contributed by atoms with E-state index < -0.39 is 0 Å². The van der Waals surface area contributed by atoms with Crippen molar-refractivity contribution in [1.82, 2.24) is 4.90 Å². The van der Waals surface area contributed by atoms with E-state index in [1.165, 1.54) is 4.70 Å². The van der Waals surface area contributed by atoms with E-state index in [1.54, 1.807) is 30.2 Å². The van der Waals surface area contributed by atoms with Crippen LogP contribution in [-0.2, 0) is 11.3 Å². The van der Waals surface area contributed by atoms with Crippen molar-refractivity contribution in [3.63, 3.8) is 0 Å². The third kappa shape index (κ3) is 2.20. The van der Waals surface area contributed by atoms with Gasteiger partial charge in [-0.2, -0.15) is 0 Å². The van der Waals surface area contributed by atoms with Crippen molar-refractivity contribution in [2.24, 2.45) is 0 Å². The summed E-state index contributed by atoms with van der Waals surface area (Å²) in [5.41, 5.74) is 1.15. The highest BCUT2D eigenvalue weighted by Crippen LogP contribution is 2.29. The molecule has 2 rings (SSSR count). The van der Waals surface area contributed by atoms with Gasteiger partial charge in [0.1, 0.15) is 0 Å². The molecule has 84 valence electrons. The van der Waals surface area contributed by atoms with Crippen molar-refractivity contribution < 1.29 is 4.79 Å². The van der Waals surface area contributed by atoms with E-state index in [0.29, 0.717) is 6.54 Å². The highest BCUT2D eigenvalue weighted by molar-refractivity contribution is 7.17. The molecule has 1 heterocycles. The van der Waals surface area contributed by atoms with Crippen LogP contribution in [0.1, 0.15) is 12.5 Å². The third-order valence-corrected chi connectivity index (χ3v) is 3.81. The molecule has 0 unspecified atom stereocenters. The highest BCUT2D eigenvalue weighted by Gasteiger charge is 2.08. The summed E-state index contributed by atoms with van der Waals surface area (Å²) in [7, 11) is 1.80. The van der Waals surface area contributed by atoms with E-state index in [2.05, 4.69) is 5.38 Å². The number of hydrogen-bond donors (Lipinski definition) is 0. The van der Waals surface area contributed by atoms with Crippen LogP contribution in [-0.4, -0.2) is 17.9 Å². The first-order chi connectivity index (χ1) is 7.58. The van der Waals surface area contributed by atoms with Gasteiger partial charge in [-0.05, 0) is 34.5 Å². The summed E-state index contributed by atoms with van der Waals surface area (Å²) in [6, 6.07) is 5.86. The maximum absolute atomic E-state index is 11.2. The molecule has 0 bridgehead atoms. The molecule has 1 aromatic heterocycles. The van der Waals surface area contributed by atoms with E-state index in [4.69, 9.17) is 11.6 Å². The Kier molecular flexibility index (Phi) is 3.17. The fourth-order valence-electron chi connectivity index (χ4n) is 1.54. The van der Waals surface area contributed by atoms with E-state index in [9.17, 15) is 4.79 Å². The van der Waals surface area contributed by atoms with Crippen LogP contribution in [0.5, 0.6) is 0 Å². The molecule has 0 N–H and O–H groups in total. The Bertz CT molecular complexity index is 535. The van der Waals surface area contributed by atoms with Gasteiger partial charge in [-0.3, -0.25) is 4.79 Å². The second kappa shape index (κ2) is 4.44. The second-order valence-corrected chi connectivity index (χ2v) is 5.12. The summed E-state index contributed by atoms with van der Waals surface area (Å²) in [4.78, 5) is 12.9. The molecule has 1 aromatic carbocycles. The predicted octanol–water partition coefficient (Wildman–Crippen LogP) is 3.53. The van der Waals surface area contributed by atoms with E-state index in [-0.39, 0.29) is 5.91 Å². The van der Waals surface area contributed by atoms with Gasteiger partial charge >= 0.3 is 0 Å². The summed E-state index contributed by atoms with van der Waals surface area (Å²) in [5, 5.41) is 3.96. The topological polar surface area (TPSA) is 20.3 Å². The van der Waals surface area contributed by atoms with Crippen molar-refractivity contribution in [3.05, 3.63) is 34.2 Å². The smallest absolute Gasteiger partial charge is 0.219 e. The summed E-state index contributed by atoms with van der Waals surface area (Å²) in [6.45, 7) is 2.21. The number of amides is 1. The average molecular weight is 254 g/mol. The molecule has 2 nitrogen and oxygen atoms in total. The SMILES string of the molecule is CC(=O)N(C)Cc1csc2ccc(Cl)cc12. The summed E-state index contributed by atoms with van der Waals surface area (Å²) in [6.07, 6.45) is 0. The number of carbonyl (C=O) groups is 1. The van der Waals surface area contributed by atoms with Gasteiger partial charge in [0.25, 0.3) is 0 Å². The Hall–Kier alpha value is -1.06. The van der Waals surface area contributed by atoms with Gasteiger partial charge in [-0.1, -0.05) is 11.6 Å². The van der Waals surface area contributed by atoms with Crippen molar-refractivity contribution in [1.29, 1.82) is 0 Å². The van der Waals surface area contributed by atoms with Crippen LogP contribution in [0.3, 0.4) is 0 Å². The Morgan fingerprint density at radius 2 is 2.25 bits per heavy atom. The first kappa shape index (κ1) is 11.4. The molecule has 0 saturated heterocycles. The van der Waals surface area contributed by atoms with Gasteiger partial charge in [0, 0.05) is 30.2 Å². The number of fused-ring (bicyclic) bond motifs is 1. The Morgan fingerprint density at radius 3 is 2.94 bits per heavy atom. The molecule has 0 saturated carbocycles. The quantitative estimate of drug-likeness (QED) is 0.802. The minimum Gasteiger partial charge on any atom is -0.342 e. The van der Waals surface area contributed by atoms with Gasteiger partial charge in [-0.25, -0.2) is 0 Å². The van der Waals surface area contributed by atoms with Crippen LogP contribution >= 0.6 is 22.9 Å². The molecule has 4 heteroatoms. The van der Waals surface area contributed by atoms with Crippen LogP contribution in [0.2, 0.25) is 5.02 Å². The normalized spacial score (nSPS) is 10.7. The lowest BCUT2D eigenvalue weighted by Gasteiger charge is -2.13. The molecular formula is C12H12ClNOS. The fraction of sp³-hybridized carbons (Fsp3) is 0.250. The molecule has 0 aliphatic rings. The Morgan fingerprint density at radius 1 is 1.50 bits per heavy atom. The molecule has 2 aromatic rings. The number of hydrogen-bond acceptors (Lipinski definition) is 2. The van der Waals surface area contributed by atoms with Crippen LogP contribution in [0.4, 0.5) is 0 Å². The lowest BCUT2D eigenvalue weighted by atomic mass is 10.1. The van der Waals surface area contributed by atoms with Crippen LogP contribution in [0.15, 0.2) is 23.6 Å². The number of thiophene rings is 1. The summed E-state index contributed by atoms with van der Waals surface area (Å²) >= 11 is 7.65. The van der Waals surface area contributed by atoms with E-state index >= 15 is 0 Å². The van der Waals surface area contributed by atoms with Crippen molar-refractivity contribution in [3.8, 4) is 0 Å². The number of carbonyl (C=O) groups excluding carboxylic acids is 1. The van der Waals surface area contributed by atoms with Gasteiger partial charge in [-0.15, -0.1) is 11.3 Å². The minimum atomic E-state index is 0.0707. The largest absolute Gasteiger partial charge is 0.342 e. The molecule has 0 atom stereocenters. The number of nitrogens with zero attached hydrogens (tertiary/aromatic N) is 1. The fourth-order valence-corrected chi connectivity index (χ4v) is 2.65. The zero-order valence-electron chi connectivity index (χ0n) is 9.16. The summed E-state index contributed by atoms with van der Waals surface area (Å²) in [5.74, 6) is 0.0707. The van der Waals surface area contributed by atoms with Gasteiger partial charge in [0.2, 0.25) is 5.91 Å². The number of rotatable bonds is 2. The Labute approximate surface area is 103 Å². The van der Waals surface area contributed by atoms with Gasteiger partial charge in [0.15, 0.2) is 0 Å². The third-order valence-electron chi connectivity index (χ3n) is 2.56. The molecular weight excluding hydrogens is 242 g/mol. The van der Waals surface area contributed by atoms with Crippen LogP contribution in [0, 0.1) is 0 Å². The predicted molar refractivity (Wildman–Crippen MR) is 69.0 cm³/mol. The maximum Gasteiger partial charge on any atom is 0.219 e. The molecule has 1 amide bonds. The zero-order valence-corrected chi connectivity index (χ0v) is 10.7. The van der Waals surface area contributed by atoms with Crippen LogP contribution < -0.4 is 0 Å². The monoisotopic (exact) mass is 253 g/mol. The number of benzene rings is 1. The zero-order chi connectivity index (χ0) is 11.7. The second-order valence-electron chi connectivity index (χ2n) is 3.78. The lowest BCUT2D eigenvalue weighted by Crippen LogP contribution is -2.22. The lowest BCUT2D eigenvalue weighted by molar-refractivity contribution is -0.128. The average Bonchev–Trinajstić information content (AvgIpc) is 2.61. The standard InChI is InChI=1S/C12H12ClNOS/c1-8(15)14(2)6-9-7-16-12-4-3-10(13)5-11(9)12/h3-5,7H,6H2,1-2H3. The first-order valence-electron chi connectivity index (χ1n) is 4.95. The van der Waals surface area contributed by atoms with E-state index in [1.807, 2.05) is 18.2 Å². The van der Waals surface area contributed by atoms with Crippen molar-refractivity contribution >= 4 is 38.9 Å². The van der Waals surface area contributed by atoms with Crippen molar-refractivity contribution in [2.75, 3.05) is 7.05 Å². The van der Waals surface area contributed by atoms with Gasteiger partial charge in [0.05, 0.1) is 0 Å². The summed E-state index contributed by atoms with van der Waals surface area (Å²) < 4.78 is 1.20. The molecule has 0 aliphatic carbocycles.